The highest BCUT2D eigenvalue weighted by Gasteiger charge is 2.17. The maximum absolute atomic E-state index is 13.2. The fourth-order valence-corrected chi connectivity index (χ4v) is 4.42. The van der Waals surface area contributed by atoms with Crippen LogP contribution in [0.25, 0.3) is 0 Å². The van der Waals surface area contributed by atoms with Crippen molar-refractivity contribution in [2.45, 2.75) is 37.2 Å². The van der Waals surface area contributed by atoms with E-state index in [1.807, 2.05) is 18.2 Å². The minimum absolute atomic E-state index is 0.0722. The van der Waals surface area contributed by atoms with E-state index in [4.69, 9.17) is 0 Å². The molecule has 0 atom stereocenters. The quantitative estimate of drug-likeness (QED) is 0.632. The zero-order chi connectivity index (χ0) is 21.6. The van der Waals surface area contributed by atoms with Gasteiger partial charge in [0, 0.05) is 26.1 Å². The first-order chi connectivity index (χ1) is 14.3. The molecule has 1 aliphatic rings. The van der Waals surface area contributed by atoms with Gasteiger partial charge in [-0.2, -0.15) is 0 Å². The van der Waals surface area contributed by atoms with E-state index in [-0.39, 0.29) is 18.9 Å². The molecular formula is C21H25F2N3O3S. The predicted octanol–water partition coefficient (Wildman–Crippen LogP) is 2.55. The van der Waals surface area contributed by atoms with Gasteiger partial charge in [0.15, 0.2) is 11.6 Å². The molecule has 2 N–H and O–H groups in total. The maximum Gasteiger partial charge on any atom is 0.240 e. The Kier molecular flexibility index (Phi) is 7.52. The number of likely N-dealkylation sites (tertiary alicyclic amines) is 1. The molecule has 6 nitrogen and oxygen atoms in total. The number of amides is 1. The van der Waals surface area contributed by atoms with E-state index in [1.54, 1.807) is 0 Å². The molecule has 0 radical (unpaired) electrons. The molecule has 1 saturated heterocycles. The molecule has 1 heterocycles. The summed E-state index contributed by atoms with van der Waals surface area (Å²) in [5.41, 5.74) is 2.19. The van der Waals surface area contributed by atoms with Gasteiger partial charge >= 0.3 is 0 Å². The van der Waals surface area contributed by atoms with Crippen LogP contribution in [0.5, 0.6) is 0 Å². The van der Waals surface area contributed by atoms with Crippen molar-refractivity contribution in [3.63, 3.8) is 0 Å². The third-order valence-corrected chi connectivity index (χ3v) is 6.49. The topological polar surface area (TPSA) is 78.5 Å². The van der Waals surface area contributed by atoms with Gasteiger partial charge in [-0.25, -0.2) is 21.9 Å². The van der Waals surface area contributed by atoms with Crippen molar-refractivity contribution in [2.24, 2.45) is 0 Å². The van der Waals surface area contributed by atoms with Gasteiger partial charge in [0.1, 0.15) is 0 Å². The summed E-state index contributed by atoms with van der Waals surface area (Å²) < 4.78 is 52.7. The minimum atomic E-state index is -4.02. The Morgan fingerprint density at radius 3 is 2.40 bits per heavy atom. The zero-order valence-corrected chi connectivity index (χ0v) is 17.4. The monoisotopic (exact) mass is 437 g/mol. The molecule has 2 aromatic rings. The maximum atomic E-state index is 13.2. The Labute approximate surface area is 175 Å². The van der Waals surface area contributed by atoms with Gasteiger partial charge in [-0.3, -0.25) is 9.69 Å². The van der Waals surface area contributed by atoms with Crippen LogP contribution in [0.4, 0.5) is 8.78 Å². The molecule has 1 aliphatic heterocycles. The van der Waals surface area contributed by atoms with Crippen molar-refractivity contribution < 1.29 is 22.0 Å². The number of benzene rings is 2. The first-order valence-corrected chi connectivity index (χ1v) is 11.3. The molecule has 3 rings (SSSR count). The Morgan fingerprint density at radius 1 is 1.00 bits per heavy atom. The van der Waals surface area contributed by atoms with Crippen LogP contribution >= 0.6 is 0 Å². The van der Waals surface area contributed by atoms with E-state index in [1.165, 1.54) is 18.4 Å². The summed E-state index contributed by atoms with van der Waals surface area (Å²) >= 11 is 0. The van der Waals surface area contributed by atoms with Crippen LogP contribution in [0.2, 0.25) is 0 Å². The number of sulfonamides is 1. The average Bonchev–Trinajstić information content (AvgIpc) is 3.22. The molecule has 162 valence electrons. The van der Waals surface area contributed by atoms with Crippen LogP contribution in [0.3, 0.4) is 0 Å². The van der Waals surface area contributed by atoms with Gasteiger partial charge in [-0.15, -0.1) is 0 Å². The first-order valence-electron chi connectivity index (χ1n) is 9.86. The molecule has 1 amide bonds. The lowest BCUT2D eigenvalue weighted by atomic mass is 10.1. The van der Waals surface area contributed by atoms with Gasteiger partial charge in [0.05, 0.1) is 4.90 Å². The summed E-state index contributed by atoms with van der Waals surface area (Å²) in [4.78, 5) is 14.1. The van der Waals surface area contributed by atoms with Crippen molar-refractivity contribution in [2.75, 3.05) is 19.6 Å². The van der Waals surface area contributed by atoms with Crippen molar-refractivity contribution in [1.29, 1.82) is 0 Å². The van der Waals surface area contributed by atoms with Crippen LogP contribution < -0.4 is 10.0 Å². The Bertz CT molecular complexity index is 993. The van der Waals surface area contributed by atoms with Crippen molar-refractivity contribution >= 4 is 15.9 Å². The molecule has 2 aromatic carbocycles. The highest BCUT2D eigenvalue weighted by Crippen LogP contribution is 2.16. The number of hydrogen-bond acceptors (Lipinski definition) is 4. The van der Waals surface area contributed by atoms with Crippen LogP contribution in [0.15, 0.2) is 47.4 Å². The van der Waals surface area contributed by atoms with E-state index >= 15 is 0 Å². The first kappa shape index (κ1) is 22.3. The SMILES string of the molecule is O=C(CCNS(=O)(=O)c1ccc(F)c(F)c1)NCc1ccccc1CN1CCCC1. The van der Waals surface area contributed by atoms with Crippen LogP contribution in [0.1, 0.15) is 30.4 Å². The Hall–Kier alpha value is -2.36. The Balaban J connectivity index is 1.48. The van der Waals surface area contributed by atoms with Crippen molar-refractivity contribution in [3.8, 4) is 0 Å². The van der Waals surface area contributed by atoms with Gasteiger partial charge in [-0.05, 0) is 55.3 Å². The smallest absolute Gasteiger partial charge is 0.240 e. The average molecular weight is 438 g/mol. The second-order valence-electron chi connectivity index (χ2n) is 7.25. The van der Waals surface area contributed by atoms with Crippen LogP contribution in [-0.2, 0) is 27.9 Å². The highest BCUT2D eigenvalue weighted by molar-refractivity contribution is 7.89. The highest BCUT2D eigenvalue weighted by atomic mass is 32.2. The molecule has 0 aliphatic carbocycles. The third-order valence-electron chi connectivity index (χ3n) is 5.03. The van der Waals surface area contributed by atoms with E-state index in [2.05, 4.69) is 21.0 Å². The molecule has 0 spiro atoms. The molecule has 30 heavy (non-hydrogen) atoms. The minimum Gasteiger partial charge on any atom is -0.352 e. The molecule has 0 unspecified atom stereocenters. The van der Waals surface area contributed by atoms with E-state index in [9.17, 15) is 22.0 Å². The zero-order valence-electron chi connectivity index (χ0n) is 16.5. The molecule has 0 aromatic heterocycles. The predicted molar refractivity (Wildman–Crippen MR) is 109 cm³/mol. The lowest BCUT2D eigenvalue weighted by Gasteiger charge is -2.17. The van der Waals surface area contributed by atoms with Crippen molar-refractivity contribution in [3.05, 3.63) is 65.2 Å². The standard InChI is InChI=1S/C21H25F2N3O3S/c22-19-8-7-18(13-20(19)23)30(28,29)25-10-9-21(27)24-14-16-5-1-2-6-17(16)15-26-11-3-4-12-26/h1-2,5-8,13,25H,3-4,9-12,14-15H2,(H,24,27). The molecular weight excluding hydrogens is 412 g/mol. The fourth-order valence-electron chi connectivity index (χ4n) is 3.37. The normalized spacial score (nSPS) is 14.7. The number of carbonyl (C=O) groups is 1. The summed E-state index contributed by atoms with van der Waals surface area (Å²) in [7, 11) is -4.02. The Morgan fingerprint density at radius 2 is 1.70 bits per heavy atom. The summed E-state index contributed by atoms with van der Waals surface area (Å²) in [6.07, 6.45) is 2.34. The molecule has 1 fully saturated rings. The molecule has 9 heteroatoms. The number of hydrogen-bond donors (Lipinski definition) is 2. The number of carbonyl (C=O) groups excluding carboxylic acids is 1. The van der Waals surface area contributed by atoms with E-state index in [0.717, 1.165) is 37.3 Å². The summed E-state index contributed by atoms with van der Waals surface area (Å²) in [6.45, 7) is 3.22. The molecule has 0 saturated carbocycles. The number of rotatable bonds is 9. The fraction of sp³-hybridized carbons (Fsp3) is 0.381. The van der Waals surface area contributed by atoms with Crippen LogP contribution in [0, 0.1) is 11.6 Å². The second kappa shape index (κ2) is 10.1. The van der Waals surface area contributed by atoms with E-state index < -0.39 is 26.6 Å². The summed E-state index contributed by atoms with van der Waals surface area (Å²) in [6, 6.07) is 10.2. The van der Waals surface area contributed by atoms with Gasteiger partial charge in [-0.1, -0.05) is 24.3 Å². The number of nitrogens with zero attached hydrogens (tertiary/aromatic N) is 1. The molecule has 0 bridgehead atoms. The second-order valence-corrected chi connectivity index (χ2v) is 9.02. The number of nitrogens with one attached hydrogen (secondary N) is 2. The lowest BCUT2D eigenvalue weighted by molar-refractivity contribution is -0.121. The number of halogens is 2. The van der Waals surface area contributed by atoms with Gasteiger partial charge < -0.3 is 5.32 Å². The van der Waals surface area contributed by atoms with Gasteiger partial charge in [0.2, 0.25) is 15.9 Å². The summed E-state index contributed by atoms with van der Waals surface area (Å²) in [5, 5.41) is 2.80. The largest absolute Gasteiger partial charge is 0.352 e. The third kappa shape index (κ3) is 6.07. The van der Waals surface area contributed by atoms with Gasteiger partial charge in [0.25, 0.3) is 0 Å². The van der Waals surface area contributed by atoms with Crippen molar-refractivity contribution in [1.82, 2.24) is 14.9 Å². The van der Waals surface area contributed by atoms with Crippen LogP contribution in [-0.4, -0.2) is 38.9 Å². The lowest BCUT2D eigenvalue weighted by Crippen LogP contribution is -2.31. The van der Waals surface area contributed by atoms with E-state index in [0.29, 0.717) is 12.6 Å². The summed E-state index contributed by atoms with van der Waals surface area (Å²) in [5.74, 6) is -2.68.